The van der Waals surface area contributed by atoms with Gasteiger partial charge in [0.25, 0.3) is 0 Å². The average Bonchev–Trinajstić information content (AvgIpc) is 3.58. The number of aromatic hydroxyl groups is 3. The number of fused-ring (bicyclic) bond motifs is 3. The molecule has 0 amide bonds. The molecule has 0 spiro atoms. The molecule has 0 aromatic heterocycles. The second-order valence-corrected chi connectivity index (χ2v) is 15.2. The molecular weight excluding hydrogens is 697 g/mol. The van der Waals surface area contributed by atoms with Gasteiger partial charge in [0.1, 0.15) is 0 Å². The fourth-order valence-electron chi connectivity index (χ4n) is 9.06. The summed E-state index contributed by atoms with van der Waals surface area (Å²) in [7, 11) is 0. The summed E-state index contributed by atoms with van der Waals surface area (Å²) in [5, 5.41) is 37.0. The number of allylic oxidation sites excluding steroid dienone is 4. The van der Waals surface area contributed by atoms with E-state index < -0.39 is 5.75 Å². The molecule has 8 aromatic carbocycles. The maximum atomic E-state index is 11.5. The lowest BCUT2D eigenvalue weighted by atomic mass is 9.81. The number of hydrogen-bond acceptors (Lipinski definition) is 3. The van der Waals surface area contributed by atoms with Crippen molar-refractivity contribution in [2.75, 3.05) is 0 Å². The first-order chi connectivity index (χ1) is 27.8. The molecule has 0 unspecified atom stereocenters. The van der Waals surface area contributed by atoms with E-state index >= 15 is 0 Å². The molecule has 0 saturated heterocycles. The van der Waals surface area contributed by atoms with Crippen LogP contribution in [0.5, 0.6) is 17.2 Å². The summed E-state index contributed by atoms with van der Waals surface area (Å²) in [5.74, 6) is -1.12. The highest BCUT2D eigenvalue weighted by Crippen LogP contribution is 2.53. The number of hydrogen-bond donors (Lipinski definition) is 3. The third kappa shape index (κ3) is 5.81. The van der Waals surface area contributed by atoms with E-state index in [1.807, 2.05) is 19.1 Å². The van der Waals surface area contributed by atoms with E-state index in [1.165, 1.54) is 50.1 Å². The second kappa shape index (κ2) is 14.3. The SMILES string of the molecule is CC/C=C\C1=C(C)Cc2ccc(-c3ccccc3-c3ccccc3)c(-c3cccc(-c4c5ccccc5c(-c5c(C)c(C)c(O)c(O)c5O)c5ccccc45)c3)c21. The average molecular weight is 741 g/mol. The summed E-state index contributed by atoms with van der Waals surface area (Å²) < 4.78 is 0. The van der Waals surface area contributed by atoms with Gasteiger partial charge in [-0.1, -0.05) is 158 Å². The van der Waals surface area contributed by atoms with Crippen molar-refractivity contribution < 1.29 is 15.3 Å². The quantitative estimate of drug-likeness (QED) is 0.113. The number of benzene rings is 8. The van der Waals surface area contributed by atoms with Crippen molar-refractivity contribution in [3.63, 3.8) is 0 Å². The highest BCUT2D eigenvalue weighted by molar-refractivity contribution is 6.22. The Kier molecular flexibility index (Phi) is 9.02. The lowest BCUT2D eigenvalue weighted by Crippen LogP contribution is -1.97. The minimum atomic E-state index is -0.504. The molecule has 9 rings (SSSR count). The van der Waals surface area contributed by atoms with Crippen molar-refractivity contribution in [3.8, 4) is 72.9 Å². The van der Waals surface area contributed by atoms with E-state index in [2.05, 4.69) is 153 Å². The van der Waals surface area contributed by atoms with Gasteiger partial charge in [-0.15, -0.1) is 0 Å². The molecule has 0 saturated carbocycles. The first kappa shape index (κ1) is 35.8. The molecule has 0 atom stereocenters. The molecule has 0 heterocycles. The van der Waals surface area contributed by atoms with Crippen molar-refractivity contribution in [1.82, 2.24) is 0 Å². The predicted molar refractivity (Wildman–Crippen MR) is 239 cm³/mol. The van der Waals surface area contributed by atoms with Crippen LogP contribution in [0.1, 0.15) is 42.5 Å². The van der Waals surface area contributed by atoms with Crippen molar-refractivity contribution in [2.24, 2.45) is 0 Å². The Morgan fingerprint density at radius 1 is 0.456 bits per heavy atom. The van der Waals surface area contributed by atoms with Crippen molar-refractivity contribution >= 4 is 27.1 Å². The van der Waals surface area contributed by atoms with Gasteiger partial charge in [-0.05, 0) is 134 Å². The Morgan fingerprint density at radius 3 is 1.67 bits per heavy atom. The molecular formula is C54H44O3. The maximum Gasteiger partial charge on any atom is 0.201 e. The van der Waals surface area contributed by atoms with Gasteiger partial charge in [-0.25, -0.2) is 0 Å². The molecule has 3 N–H and O–H groups in total. The molecule has 1 aliphatic carbocycles. The van der Waals surface area contributed by atoms with E-state index in [0.29, 0.717) is 16.7 Å². The van der Waals surface area contributed by atoms with Crippen LogP contribution in [0.4, 0.5) is 0 Å². The third-order valence-electron chi connectivity index (χ3n) is 11.9. The molecule has 57 heavy (non-hydrogen) atoms. The van der Waals surface area contributed by atoms with Gasteiger partial charge in [0.15, 0.2) is 11.5 Å². The smallest absolute Gasteiger partial charge is 0.201 e. The van der Waals surface area contributed by atoms with Crippen LogP contribution in [-0.4, -0.2) is 15.3 Å². The van der Waals surface area contributed by atoms with Crippen molar-refractivity contribution in [1.29, 1.82) is 0 Å². The summed E-state index contributed by atoms with van der Waals surface area (Å²) in [6.45, 7) is 8.11. The minimum absolute atomic E-state index is 0.299. The van der Waals surface area contributed by atoms with Gasteiger partial charge in [-0.2, -0.15) is 0 Å². The van der Waals surface area contributed by atoms with E-state index in [0.717, 1.165) is 56.6 Å². The normalized spacial score (nSPS) is 12.6. The summed E-state index contributed by atoms with van der Waals surface area (Å²) >= 11 is 0. The Bertz CT molecular complexity index is 2880. The number of phenols is 3. The zero-order chi connectivity index (χ0) is 39.4. The van der Waals surface area contributed by atoms with Crippen LogP contribution in [-0.2, 0) is 6.42 Å². The Morgan fingerprint density at radius 2 is 1.02 bits per heavy atom. The molecule has 0 bridgehead atoms. The van der Waals surface area contributed by atoms with Crippen molar-refractivity contribution in [3.05, 3.63) is 180 Å². The lowest BCUT2D eigenvalue weighted by Gasteiger charge is -2.22. The third-order valence-corrected chi connectivity index (χ3v) is 11.9. The monoisotopic (exact) mass is 740 g/mol. The highest BCUT2D eigenvalue weighted by Gasteiger charge is 2.27. The molecule has 3 nitrogen and oxygen atoms in total. The predicted octanol–water partition coefficient (Wildman–Crippen LogP) is 14.4. The molecule has 8 aromatic rings. The first-order valence-electron chi connectivity index (χ1n) is 19.7. The van der Waals surface area contributed by atoms with Crippen LogP contribution < -0.4 is 0 Å². The van der Waals surface area contributed by atoms with Crippen LogP contribution >= 0.6 is 0 Å². The van der Waals surface area contributed by atoms with Gasteiger partial charge in [0.05, 0.1) is 0 Å². The van der Waals surface area contributed by atoms with Gasteiger partial charge in [0, 0.05) is 11.1 Å². The maximum absolute atomic E-state index is 11.5. The number of rotatable bonds is 7. The van der Waals surface area contributed by atoms with Crippen LogP contribution in [0.25, 0.3) is 82.8 Å². The Hall–Kier alpha value is -6.84. The molecule has 278 valence electrons. The molecule has 0 fully saturated rings. The highest BCUT2D eigenvalue weighted by atomic mass is 16.3. The van der Waals surface area contributed by atoms with Crippen LogP contribution in [0.2, 0.25) is 0 Å². The molecule has 3 heteroatoms. The van der Waals surface area contributed by atoms with Gasteiger partial charge in [-0.3, -0.25) is 0 Å². The second-order valence-electron chi connectivity index (χ2n) is 15.2. The summed E-state index contributed by atoms with van der Waals surface area (Å²) in [6, 6.07) is 49.7. The Labute approximate surface area is 334 Å². The Balaban J connectivity index is 1.35. The summed E-state index contributed by atoms with van der Waals surface area (Å²) in [4.78, 5) is 0. The zero-order valence-electron chi connectivity index (χ0n) is 32.7. The van der Waals surface area contributed by atoms with Gasteiger partial charge < -0.3 is 15.3 Å². The van der Waals surface area contributed by atoms with Crippen LogP contribution in [0.3, 0.4) is 0 Å². The van der Waals surface area contributed by atoms with Gasteiger partial charge >= 0.3 is 0 Å². The number of phenolic OH excluding ortho intramolecular Hbond substituents is 3. The lowest BCUT2D eigenvalue weighted by molar-refractivity contribution is 0.366. The van der Waals surface area contributed by atoms with E-state index in [1.54, 1.807) is 6.92 Å². The van der Waals surface area contributed by atoms with E-state index in [-0.39, 0.29) is 11.5 Å². The summed E-state index contributed by atoms with van der Waals surface area (Å²) in [5.41, 5.74) is 17.2. The molecule has 0 aliphatic heterocycles. The fraction of sp³-hybridized carbons (Fsp3) is 0.111. The van der Waals surface area contributed by atoms with Gasteiger partial charge in [0.2, 0.25) is 5.75 Å². The zero-order valence-corrected chi connectivity index (χ0v) is 32.7. The van der Waals surface area contributed by atoms with E-state index in [9.17, 15) is 15.3 Å². The molecule has 1 aliphatic rings. The van der Waals surface area contributed by atoms with E-state index in [4.69, 9.17) is 0 Å². The largest absolute Gasteiger partial charge is 0.504 e. The standard InChI is InChI=1S/C54H44O3/c1-5-6-21-39-32(2)30-38-28-29-46(41-23-11-10-22-40(41)35-17-8-7-9-18-35)50(49(38)39)37-20-16-19-36(31-37)48-42-24-12-14-26-44(42)51(45-27-15-13-25-43(45)48)47-33(3)34(4)52(55)54(57)53(47)56/h6-29,31,55-57H,5,30H2,1-4H3/b21-6-. The molecule has 0 radical (unpaired) electrons. The minimum Gasteiger partial charge on any atom is -0.504 e. The first-order valence-corrected chi connectivity index (χ1v) is 19.7. The van der Waals surface area contributed by atoms with Crippen LogP contribution in [0, 0.1) is 13.8 Å². The van der Waals surface area contributed by atoms with Crippen molar-refractivity contribution in [2.45, 2.75) is 40.5 Å². The fourth-order valence-corrected chi connectivity index (χ4v) is 9.06. The van der Waals surface area contributed by atoms with Crippen LogP contribution in [0.15, 0.2) is 157 Å². The summed E-state index contributed by atoms with van der Waals surface area (Å²) in [6.07, 6.45) is 6.47. The topological polar surface area (TPSA) is 60.7 Å².